The van der Waals surface area contributed by atoms with Crippen molar-refractivity contribution in [2.45, 2.75) is 53.4 Å². The highest BCUT2D eigenvalue weighted by atomic mass is 16.5. The molecule has 0 aliphatic rings. The van der Waals surface area contributed by atoms with E-state index in [2.05, 4.69) is 20.9 Å². The summed E-state index contributed by atoms with van der Waals surface area (Å²) >= 11 is 0. The molecule has 0 aromatic carbocycles. The summed E-state index contributed by atoms with van der Waals surface area (Å²) in [6.07, 6.45) is 3.04. The van der Waals surface area contributed by atoms with Crippen molar-refractivity contribution in [1.82, 2.24) is 0 Å². The van der Waals surface area contributed by atoms with Crippen molar-refractivity contribution in [3.63, 3.8) is 0 Å². The largest absolute Gasteiger partial charge is 0.550 e. The number of carbonyl (C=O) groups is 1. The highest BCUT2D eigenvalue weighted by Crippen LogP contribution is 1.99. The minimum atomic E-state index is -0.932. The van der Waals surface area contributed by atoms with Crippen molar-refractivity contribution in [2.75, 3.05) is 39.9 Å². The molecule has 0 unspecified atom stereocenters. The molecule has 0 N–H and O–H groups in total. The van der Waals surface area contributed by atoms with Crippen molar-refractivity contribution in [3.05, 3.63) is 0 Å². The Kier molecular flexibility index (Phi) is 15.1. The molecule has 116 valence electrons. The predicted molar refractivity (Wildman–Crippen MR) is 77.8 cm³/mol. The quantitative estimate of drug-likeness (QED) is 0.451. The molecule has 0 bridgehead atoms. The van der Waals surface area contributed by atoms with Crippen LogP contribution in [0.1, 0.15) is 53.4 Å². The second-order valence-corrected chi connectivity index (χ2v) is 5.00. The molecule has 4 nitrogen and oxygen atoms in total. The Balaban J connectivity index is 0. The van der Waals surface area contributed by atoms with Gasteiger partial charge in [-0.1, -0.05) is 19.8 Å². The zero-order chi connectivity index (χ0) is 15.1. The number of likely N-dealkylation sites (N-methyl/N-ethyl adjacent to an activating group) is 1. The van der Waals surface area contributed by atoms with Gasteiger partial charge in [-0.05, 0) is 33.6 Å². The smallest absolute Gasteiger partial charge is 0.102 e. The Bertz CT molecular complexity index is 204. The number of hydrogen-bond acceptors (Lipinski definition) is 3. The Labute approximate surface area is 119 Å². The SMILES string of the molecule is CCCCCC(=O)[O-].CCOCC[N+](C)(CC)CC. The summed E-state index contributed by atoms with van der Waals surface area (Å²) in [5.41, 5.74) is 0. The molecule has 19 heavy (non-hydrogen) atoms. The number of nitrogens with zero attached hydrogens (tertiary/aromatic N) is 1. The molecule has 0 aromatic heterocycles. The van der Waals surface area contributed by atoms with Gasteiger partial charge in [-0.15, -0.1) is 0 Å². The third-order valence-electron chi connectivity index (χ3n) is 3.49. The van der Waals surface area contributed by atoms with Crippen LogP contribution < -0.4 is 5.11 Å². The van der Waals surface area contributed by atoms with Gasteiger partial charge in [0.2, 0.25) is 0 Å². The third-order valence-corrected chi connectivity index (χ3v) is 3.49. The minimum absolute atomic E-state index is 0.216. The normalized spacial score (nSPS) is 10.8. The number of unbranched alkanes of at least 4 members (excludes halogenated alkanes) is 2. The highest BCUT2D eigenvalue weighted by molar-refractivity contribution is 5.63. The number of aliphatic carboxylic acids is 1. The average Bonchev–Trinajstić information content (AvgIpc) is 2.39. The van der Waals surface area contributed by atoms with E-state index in [4.69, 9.17) is 4.74 Å². The molecule has 0 saturated carbocycles. The maximum absolute atomic E-state index is 9.76. The fourth-order valence-electron chi connectivity index (χ4n) is 1.49. The third kappa shape index (κ3) is 15.3. The molecule has 0 radical (unpaired) electrons. The fourth-order valence-corrected chi connectivity index (χ4v) is 1.49. The first kappa shape index (κ1) is 20.7. The molecule has 0 atom stereocenters. The number of ether oxygens (including phenoxy) is 1. The first-order chi connectivity index (χ1) is 8.95. The van der Waals surface area contributed by atoms with E-state index in [0.717, 1.165) is 43.5 Å². The van der Waals surface area contributed by atoms with Crippen molar-refractivity contribution < 1.29 is 19.1 Å². The van der Waals surface area contributed by atoms with Gasteiger partial charge in [-0.25, -0.2) is 0 Å². The van der Waals surface area contributed by atoms with Gasteiger partial charge in [0.15, 0.2) is 0 Å². The van der Waals surface area contributed by atoms with Gasteiger partial charge in [-0.3, -0.25) is 0 Å². The van der Waals surface area contributed by atoms with Crippen LogP contribution in [0.3, 0.4) is 0 Å². The zero-order valence-corrected chi connectivity index (χ0v) is 13.5. The van der Waals surface area contributed by atoms with Crippen LogP contribution in [0.15, 0.2) is 0 Å². The van der Waals surface area contributed by atoms with E-state index in [1.807, 2.05) is 13.8 Å². The van der Waals surface area contributed by atoms with Gasteiger partial charge in [0.25, 0.3) is 0 Å². The lowest BCUT2D eigenvalue weighted by molar-refractivity contribution is -0.906. The zero-order valence-electron chi connectivity index (χ0n) is 13.5. The monoisotopic (exact) mass is 275 g/mol. The first-order valence-electron chi connectivity index (χ1n) is 7.56. The Morgan fingerprint density at radius 1 is 1.11 bits per heavy atom. The molecule has 0 aliphatic heterocycles. The number of hydrogen-bond donors (Lipinski definition) is 0. The van der Waals surface area contributed by atoms with Gasteiger partial charge < -0.3 is 19.1 Å². The van der Waals surface area contributed by atoms with Crippen LogP contribution >= 0.6 is 0 Å². The summed E-state index contributed by atoms with van der Waals surface area (Å²) in [6.45, 7) is 13.8. The van der Waals surface area contributed by atoms with Gasteiger partial charge in [0.05, 0.1) is 26.7 Å². The van der Waals surface area contributed by atoms with Crippen LogP contribution in [0.5, 0.6) is 0 Å². The molecule has 0 saturated heterocycles. The summed E-state index contributed by atoms with van der Waals surface area (Å²) < 4.78 is 6.44. The van der Waals surface area contributed by atoms with Crippen LogP contribution in [0.2, 0.25) is 0 Å². The number of carboxylic acids is 1. The maximum atomic E-state index is 9.76. The van der Waals surface area contributed by atoms with Crippen LogP contribution in [-0.2, 0) is 9.53 Å². The summed E-state index contributed by atoms with van der Waals surface area (Å²) in [6, 6.07) is 0. The molecule has 0 spiro atoms. The molecular weight excluding hydrogens is 242 g/mol. The molecule has 0 aromatic rings. The predicted octanol–water partition coefficient (Wildman–Crippen LogP) is 1.83. The van der Waals surface area contributed by atoms with E-state index >= 15 is 0 Å². The lowest BCUT2D eigenvalue weighted by atomic mass is 10.2. The number of carboxylic acid groups (broad SMARTS) is 1. The summed E-state index contributed by atoms with van der Waals surface area (Å²) in [5.74, 6) is -0.932. The molecule has 0 rings (SSSR count). The van der Waals surface area contributed by atoms with Gasteiger partial charge in [-0.2, -0.15) is 0 Å². The Morgan fingerprint density at radius 3 is 2.05 bits per heavy atom. The maximum Gasteiger partial charge on any atom is 0.102 e. The molecular formula is C15H33NO3. The van der Waals surface area contributed by atoms with Crippen molar-refractivity contribution in [2.24, 2.45) is 0 Å². The van der Waals surface area contributed by atoms with Gasteiger partial charge >= 0.3 is 0 Å². The van der Waals surface area contributed by atoms with Crippen LogP contribution in [-0.4, -0.2) is 50.3 Å². The molecule has 0 heterocycles. The summed E-state index contributed by atoms with van der Waals surface area (Å²) in [7, 11) is 2.28. The lowest BCUT2D eigenvalue weighted by Crippen LogP contribution is -2.45. The second kappa shape index (κ2) is 13.8. The van der Waals surface area contributed by atoms with Crippen molar-refractivity contribution >= 4 is 5.97 Å². The topological polar surface area (TPSA) is 49.4 Å². The summed E-state index contributed by atoms with van der Waals surface area (Å²) in [5, 5.41) is 9.76. The Hall–Kier alpha value is -0.610. The van der Waals surface area contributed by atoms with E-state index in [0.29, 0.717) is 0 Å². The van der Waals surface area contributed by atoms with Crippen molar-refractivity contribution in [3.8, 4) is 0 Å². The van der Waals surface area contributed by atoms with E-state index in [1.165, 1.54) is 13.1 Å². The van der Waals surface area contributed by atoms with E-state index in [1.54, 1.807) is 0 Å². The molecule has 0 aliphatic carbocycles. The van der Waals surface area contributed by atoms with Crippen LogP contribution in [0, 0.1) is 0 Å². The Morgan fingerprint density at radius 2 is 1.68 bits per heavy atom. The van der Waals surface area contributed by atoms with Crippen LogP contribution in [0.4, 0.5) is 0 Å². The fraction of sp³-hybridized carbons (Fsp3) is 0.933. The summed E-state index contributed by atoms with van der Waals surface area (Å²) in [4.78, 5) is 9.76. The van der Waals surface area contributed by atoms with E-state index in [9.17, 15) is 9.90 Å². The standard InChI is InChI=1S/C9H22NO.C6H12O2/c1-5-10(4,6-2)8-9-11-7-3;1-2-3-4-5-6(7)8/h5-9H2,1-4H3;2-5H2,1H3,(H,7,8)/q+1;/p-1. The van der Waals surface area contributed by atoms with E-state index < -0.39 is 5.97 Å². The average molecular weight is 275 g/mol. The van der Waals surface area contributed by atoms with E-state index in [-0.39, 0.29) is 6.42 Å². The highest BCUT2D eigenvalue weighted by Gasteiger charge is 2.14. The number of rotatable bonds is 10. The lowest BCUT2D eigenvalue weighted by Gasteiger charge is -2.31. The first-order valence-corrected chi connectivity index (χ1v) is 7.56. The second-order valence-electron chi connectivity index (χ2n) is 5.00. The molecule has 4 heteroatoms. The molecule has 0 fully saturated rings. The number of carbonyl (C=O) groups excluding carboxylic acids is 1. The van der Waals surface area contributed by atoms with Gasteiger partial charge in [0.1, 0.15) is 6.54 Å². The molecule has 0 amide bonds. The van der Waals surface area contributed by atoms with Crippen LogP contribution in [0.25, 0.3) is 0 Å². The van der Waals surface area contributed by atoms with Crippen molar-refractivity contribution in [1.29, 1.82) is 0 Å². The number of quaternary nitrogens is 1. The minimum Gasteiger partial charge on any atom is -0.550 e. The van der Waals surface area contributed by atoms with Gasteiger partial charge in [0, 0.05) is 12.6 Å².